The molecule has 0 aromatic heterocycles. The van der Waals surface area contributed by atoms with Crippen molar-refractivity contribution in [1.82, 2.24) is 0 Å². The molecule has 0 aliphatic rings. The molecule has 0 saturated carbocycles. The van der Waals surface area contributed by atoms with Crippen LogP contribution in [0.5, 0.6) is 0 Å². The molecule has 34 valence electrons. The summed E-state index contributed by atoms with van der Waals surface area (Å²) in [6.45, 7) is 0. The third kappa shape index (κ3) is 60.3. The molecule has 0 rings (SSSR count). The van der Waals surface area contributed by atoms with E-state index in [1.54, 1.807) is 0 Å². The van der Waals surface area contributed by atoms with Gasteiger partial charge in [0.2, 0.25) is 0 Å². The first-order valence-electron chi connectivity index (χ1n) is 0.651. The quantitative estimate of drug-likeness (QED) is 0.449. The van der Waals surface area contributed by atoms with Crippen molar-refractivity contribution < 1.29 is 15.0 Å². The molecule has 0 spiro atoms. The van der Waals surface area contributed by atoms with Gasteiger partial charge in [0.1, 0.15) is 0 Å². The van der Waals surface area contributed by atoms with Crippen LogP contribution in [0.15, 0.2) is 0 Å². The van der Waals surface area contributed by atoms with E-state index in [1.165, 1.54) is 0 Å². The van der Waals surface area contributed by atoms with Gasteiger partial charge in [0.25, 0.3) is 0 Å². The molecule has 6 heavy (non-hydrogen) atoms. The monoisotopic (exact) mass is 136 g/mol. The second-order valence-corrected chi connectivity index (χ2v) is 0.283. The van der Waals surface area contributed by atoms with Crippen molar-refractivity contribution in [2.45, 2.75) is 0 Å². The Bertz CT molecular complexity index is 33.8. The molecule has 0 unspecified atom stereocenters. The first-order chi connectivity index (χ1) is 1.73. The minimum absolute atomic E-state index is 0. The molecule has 5 heteroatoms. The predicted octanol–water partition coefficient (Wildman–Crippen LogP) is -0.313. The summed E-state index contributed by atoms with van der Waals surface area (Å²) in [5.74, 6) is 0. The Labute approximate surface area is 84.6 Å². The summed E-state index contributed by atoms with van der Waals surface area (Å²) >= 11 is 0. The van der Waals surface area contributed by atoms with Gasteiger partial charge in [-0.2, -0.15) is 13.5 Å². The third-order valence-electron chi connectivity index (χ3n) is 0. The van der Waals surface area contributed by atoms with Crippen LogP contribution in [0.2, 0.25) is 0 Å². The molecule has 0 heterocycles. The SMILES string of the molecule is O=C(O)O.S.[KH]. The molecule has 0 fully saturated rings. The second-order valence-electron chi connectivity index (χ2n) is 0.283. The Hall–Kier alpha value is 1.26. The zero-order valence-electron chi connectivity index (χ0n) is 2.30. The fourth-order valence-corrected chi connectivity index (χ4v) is 0. The minimum atomic E-state index is -1.83. The van der Waals surface area contributed by atoms with Gasteiger partial charge in [0.05, 0.1) is 0 Å². The van der Waals surface area contributed by atoms with Gasteiger partial charge >= 0.3 is 57.5 Å². The number of rotatable bonds is 0. The fraction of sp³-hybridized carbons (Fsp3) is 0. The van der Waals surface area contributed by atoms with Crippen molar-refractivity contribution in [2.24, 2.45) is 0 Å². The maximum absolute atomic E-state index is 8.56. The van der Waals surface area contributed by atoms with Gasteiger partial charge in [0, 0.05) is 0 Å². The molecule has 0 radical (unpaired) electrons. The fourth-order valence-electron chi connectivity index (χ4n) is 0. The van der Waals surface area contributed by atoms with Crippen LogP contribution in [0.1, 0.15) is 0 Å². The first-order valence-corrected chi connectivity index (χ1v) is 0.651. The van der Waals surface area contributed by atoms with Gasteiger partial charge in [-0.25, -0.2) is 4.79 Å². The Morgan fingerprint density at radius 1 is 1.33 bits per heavy atom. The van der Waals surface area contributed by atoms with Crippen LogP contribution in [-0.2, 0) is 0 Å². The van der Waals surface area contributed by atoms with Gasteiger partial charge < -0.3 is 10.2 Å². The van der Waals surface area contributed by atoms with E-state index >= 15 is 0 Å². The average molecular weight is 136 g/mol. The summed E-state index contributed by atoms with van der Waals surface area (Å²) in [6.07, 6.45) is -1.83. The van der Waals surface area contributed by atoms with Crippen LogP contribution in [0, 0.1) is 0 Å². The van der Waals surface area contributed by atoms with Gasteiger partial charge in [0.15, 0.2) is 0 Å². The van der Waals surface area contributed by atoms with E-state index in [9.17, 15) is 0 Å². The summed E-state index contributed by atoms with van der Waals surface area (Å²) in [5.41, 5.74) is 0. The van der Waals surface area contributed by atoms with Gasteiger partial charge in [-0.3, -0.25) is 0 Å². The Morgan fingerprint density at radius 2 is 1.33 bits per heavy atom. The van der Waals surface area contributed by atoms with Crippen molar-refractivity contribution in [2.75, 3.05) is 0 Å². The number of hydrogen-bond acceptors (Lipinski definition) is 1. The molecule has 0 aliphatic carbocycles. The molecule has 0 aliphatic heterocycles. The van der Waals surface area contributed by atoms with Crippen LogP contribution < -0.4 is 0 Å². The number of carbonyl (C=O) groups is 1. The normalized spacial score (nSPS) is 4.00. The Balaban J connectivity index is -0.0000000450. The molecule has 0 amide bonds. The van der Waals surface area contributed by atoms with Crippen LogP contribution >= 0.6 is 13.5 Å². The molecular weight excluding hydrogens is 131 g/mol. The van der Waals surface area contributed by atoms with Crippen LogP contribution in [0.4, 0.5) is 4.79 Å². The van der Waals surface area contributed by atoms with Crippen LogP contribution in [0.3, 0.4) is 0 Å². The van der Waals surface area contributed by atoms with E-state index in [1.807, 2.05) is 0 Å². The summed E-state index contributed by atoms with van der Waals surface area (Å²) in [5, 5.41) is 13.9. The van der Waals surface area contributed by atoms with E-state index in [0.717, 1.165) is 0 Å². The van der Waals surface area contributed by atoms with E-state index in [2.05, 4.69) is 0 Å². The van der Waals surface area contributed by atoms with Gasteiger partial charge in [-0.05, 0) is 0 Å². The summed E-state index contributed by atoms with van der Waals surface area (Å²) in [7, 11) is 0. The number of hydrogen-bond donors (Lipinski definition) is 2. The predicted molar refractivity (Wildman–Crippen MR) is 28.2 cm³/mol. The third-order valence-corrected chi connectivity index (χ3v) is 0. The van der Waals surface area contributed by atoms with Crippen molar-refractivity contribution in [3.05, 3.63) is 0 Å². The van der Waals surface area contributed by atoms with E-state index in [0.29, 0.717) is 0 Å². The van der Waals surface area contributed by atoms with E-state index in [4.69, 9.17) is 15.0 Å². The first kappa shape index (κ1) is 15.7. The zero-order chi connectivity index (χ0) is 3.58. The van der Waals surface area contributed by atoms with Crippen molar-refractivity contribution in [3.8, 4) is 0 Å². The zero-order valence-corrected chi connectivity index (χ0v) is 3.30. The summed E-state index contributed by atoms with van der Waals surface area (Å²) in [6, 6.07) is 0. The van der Waals surface area contributed by atoms with Crippen molar-refractivity contribution >= 4 is 71.0 Å². The van der Waals surface area contributed by atoms with Crippen LogP contribution in [0.25, 0.3) is 0 Å². The van der Waals surface area contributed by atoms with Gasteiger partial charge in [-0.15, -0.1) is 0 Å². The molecular formula is CH5KO3S. The van der Waals surface area contributed by atoms with E-state index < -0.39 is 6.16 Å². The summed E-state index contributed by atoms with van der Waals surface area (Å²) in [4.78, 5) is 8.56. The molecule has 0 aromatic carbocycles. The van der Waals surface area contributed by atoms with Gasteiger partial charge in [-0.1, -0.05) is 0 Å². The average Bonchev–Trinajstić information content (AvgIpc) is 0.811. The molecule has 3 nitrogen and oxygen atoms in total. The Kier molecular flexibility index (Phi) is 24.9. The Morgan fingerprint density at radius 3 is 1.33 bits per heavy atom. The molecule has 0 atom stereocenters. The molecule has 0 saturated heterocycles. The second kappa shape index (κ2) is 9.54. The summed E-state index contributed by atoms with van der Waals surface area (Å²) < 4.78 is 0. The molecule has 2 N–H and O–H groups in total. The molecule has 0 bridgehead atoms. The van der Waals surface area contributed by atoms with Crippen molar-refractivity contribution in [1.29, 1.82) is 0 Å². The molecule has 0 aromatic rings. The van der Waals surface area contributed by atoms with Crippen molar-refractivity contribution in [3.63, 3.8) is 0 Å². The van der Waals surface area contributed by atoms with Crippen LogP contribution in [-0.4, -0.2) is 67.8 Å². The topological polar surface area (TPSA) is 57.5 Å². The standard InChI is InChI=1S/CH2O3.K.H2S.H/c2-1(3)4;;;/h(H2,2,3,4);;1H2;. The van der Waals surface area contributed by atoms with E-state index in [-0.39, 0.29) is 64.9 Å². The number of carboxylic acid groups (broad SMARTS) is 2. The maximum atomic E-state index is 8.56.